The van der Waals surface area contributed by atoms with Crippen LogP contribution in [0.3, 0.4) is 0 Å². The van der Waals surface area contributed by atoms with Crippen molar-refractivity contribution in [1.29, 1.82) is 0 Å². The number of benzene rings is 2. The fourth-order valence-electron chi connectivity index (χ4n) is 2.78. The Labute approximate surface area is 112 Å². The number of phenols is 2. The fraction of sp³-hybridized carbons (Fsp3) is 0.250. The lowest BCUT2D eigenvalue weighted by molar-refractivity contribution is 0.469. The van der Waals surface area contributed by atoms with Crippen molar-refractivity contribution >= 4 is 5.69 Å². The Kier molecular flexibility index (Phi) is 2.82. The van der Waals surface area contributed by atoms with E-state index < -0.39 is 0 Å². The molecule has 1 atom stereocenters. The molecule has 2 aromatic rings. The van der Waals surface area contributed by atoms with E-state index in [2.05, 4.69) is 11.4 Å². The summed E-state index contributed by atoms with van der Waals surface area (Å²) in [4.78, 5) is 0. The largest absolute Gasteiger partial charge is 0.508 e. The SMILES string of the molecule is Cc1cc(O)ccc1NC1CCc2c(O)cccc21. The van der Waals surface area contributed by atoms with Gasteiger partial charge in [0.1, 0.15) is 11.5 Å². The van der Waals surface area contributed by atoms with Gasteiger partial charge in [-0.05, 0) is 60.7 Å². The molecule has 1 aliphatic rings. The molecular formula is C16H17NO2. The highest BCUT2D eigenvalue weighted by molar-refractivity contribution is 5.56. The van der Waals surface area contributed by atoms with E-state index in [-0.39, 0.29) is 11.8 Å². The van der Waals surface area contributed by atoms with Crippen molar-refractivity contribution in [3.63, 3.8) is 0 Å². The van der Waals surface area contributed by atoms with Gasteiger partial charge in [-0.3, -0.25) is 0 Å². The molecule has 3 nitrogen and oxygen atoms in total. The lowest BCUT2D eigenvalue weighted by Crippen LogP contribution is -2.07. The number of aryl methyl sites for hydroxylation is 1. The van der Waals surface area contributed by atoms with Crippen LogP contribution in [0, 0.1) is 6.92 Å². The van der Waals surface area contributed by atoms with Crippen molar-refractivity contribution < 1.29 is 10.2 Å². The molecule has 0 bridgehead atoms. The topological polar surface area (TPSA) is 52.5 Å². The number of rotatable bonds is 2. The van der Waals surface area contributed by atoms with Gasteiger partial charge in [-0.2, -0.15) is 0 Å². The van der Waals surface area contributed by atoms with E-state index in [0.29, 0.717) is 5.75 Å². The van der Waals surface area contributed by atoms with Gasteiger partial charge in [0.25, 0.3) is 0 Å². The summed E-state index contributed by atoms with van der Waals surface area (Å²) in [5.74, 6) is 0.678. The summed E-state index contributed by atoms with van der Waals surface area (Å²) >= 11 is 0. The van der Waals surface area contributed by atoms with Crippen molar-refractivity contribution in [3.05, 3.63) is 53.1 Å². The maximum atomic E-state index is 9.85. The average Bonchev–Trinajstić information content (AvgIpc) is 2.78. The Bertz CT molecular complexity index is 622. The Balaban J connectivity index is 1.89. The first-order valence-corrected chi connectivity index (χ1v) is 6.52. The van der Waals surface area contributed by atoms with Crippen LogP contribution >= 0.6 is 0 Å². The highest BCUT2D eigenvalue weighted by atomic mass is 16.3. The Morgan fingerprint density at radius 3 is 2.79 bits per heavy atom. The van der Waals surface area contributed by atoms with E-state index >= 15 is 0 Å². The second kappa shape index (κ2) is 4.50. The van der Waals surface area contributed by atoms with E-state index in [1.807, 2.05) is 19.1 Å². The average molecular weight is 255 g/mol. The number of fused-ring (bicyclic) bond motifs is 1. The van der Waals surface area contributed by atoms with Crippen LogP contribution in [0.4, 0.5) is 5.69 Å². The Morgan fingerprint density at radius 2 is 2.00 bits per heavy atom. The van der Waals surface area contributed by atoms with Gasteiger partial charge < -0.3 is 15.5 Å². The molecule has 0 saturated heterocycles. The zero-order valence-electron chi connectivity index (χ0n) is 10.9. The third-order valence-electron chi connectivity index (χ3n) is 3.79. The first-order valence-electron chi connectivity index (χ1n) is 6.52. The van der Waals surface area contributed by atoms with Crippen LogP contribution in [-0.2, 0) is 6.42 Å². The van der Waals surface area contributed by atoms with Gasteiger partial charge in [-0.25, -0.2) is 0 Å². The predicted octanol–water partition coefficient (Wildman–Crippen LogP) is 3.51. The molecule has 2 aromatic carbocycles. The first-order chi connectivity index (χ1) is 9.15. The lowest BCUT2D eigenvalue weighted by atomic mass is 10.1. The number of aromatic hydroxyl groups is 2. The fourth-order valence-corrected chi connectivity index (χ4v) is 2.78. The number of phenolic OH excluding ortho intramolecular Hbond substituents is 2. The zero-order valence-corrected chi connectivity index (χ0v) is 10.9. The number of anilines is 1. The van der Waals surface area contributed by atoms with Gasteiger partial charge in [-0.1, -0.05) is 12.1 Å². The molecular weight excluding hydrogens is 238 g/mol. The summed E-state index contributed by atoms with van der Waals surface area (Å²) < 4.78 is 0. The van der Waals surface area contributed by atoms with Gasteiger partial charge in [0.15, 0.2) is 0 Å². The summed E-state index contributed by atoms with van der Waals surface area (Å²) in [5.41, 5.74) is 4.27. The molecule has 0 fully saturated rings. The second-order valence-electron chi connectivity index (χ2n) is 5.08. The zero-order chi connectivity index (χ0) is 13.4. The molecule has 0 radical (unpaired) electrons. The van der Waals surface area contributed by atoms with Crippen LogP contribution < -0.4 is 5.32 Å². The highest BCUT2D eigenvalue weighted by Crippen LogP contribution is 2.38. The summed E-state index contributed by atoms with van der Waals surface area (Å²) in [6, 6.07) is 11.3. The van der Waals surface area contributed by atoms with Crippen molar-refractivity contribution in [2.75, 3.05) is 5.32 Å². The maximum absolute atomic E-state index is 9.85. The van der Waals surface area contributed by atoms with E-state index in [0.717, 1.165) is 29.7 Å². The molecule has 3 rings (SSSR count). The molecule has 0 spiro atoms. The molecule has 19 heavy (non-hydrogen) atoms. The lowest BCUT2D eigenvalue weighted by Gasteiger charge is -2.17. The van der Waals surface area contributed by atoms with Crippen LogP contribution in [0.15, 0.2) is 36.4 Å². The Morgan fingerprint density at radius 1 is 1.16 bits per heavy atom. The van der Waals surface area contributed by atoms with E-state index in [1.54, 1.807) is 18.2 Å². The summed E-state index contributed by atoms with van der Waals surface area (Å²) in [7, 11) is 0. The van der Waals surface area contributed by atoms with Crippen molar-refractivity contribution in [3.8, 4) is 11.5 Å². The summed E-state index contributed by atoms with van der Waals surface area (Å²) in [5, 5.41) is 22.8. The van der Waals surface area contributed by atoms with Gasteiger partial charge >= 0.3 is 0 Å². The second-order valence-corrected chi connectivity index (χ2v) is 5.08. The van der Waals surface area contributed by atoms with Crippen LogP contribution in [0.2, 0.25) is 0 Å². The molecule has 1 aliphatic carbocycles. The summed E-state index contributed by atoms with van der Waals surface area (Å²) in [6.45, 7) is 1.97. The van der Waals surface area contributed by atoms with Crippen molar-refractivity contribution in [2.45, 2.75) is 25.8 Å². The molecule has 0 heterocycles. The minimum Gasteiger partial charge on any atom is -0.508 e. The highest BCUT2D eigenvalue weighted by Gasteiger charge is 2.24. The number of nitrogens with one attached hydrogen (secondary N) is 1. The number of hydrogen-bond acceptors (Lipinski definition) is 3. The molecule has 0 amide bonds. The molecule has 3 heteroatoms. The third kappa shape index (κ3) is 2.12. The normalized spacial score (nSPS) is 17.2. The van der Waals surface area contributed by atoms with E-state index in [9.17, 15) is 10.2 Å². The Hall–Kier alpha value is -2.16. The smallest absolute Gasteiger partial charge is 0.119 e. The predicted molar refractivity (Wildman–Crippen MR) is 75.6 cm³/mol. The van der Waals surface area contributed by atoms with Crippen molar-refractivity contribution in [2.24, 2.45) is 0 Å². The minimum atomic E-state index is 0.227. The van der Waals surface area contributed by atoms with E-state index in [1.165, 1.54) is 5.56 Å². The van der Waals surface area contributed by atoms with Crippen molar-refractivity contribution in [1.82, 2.24) is 0 Å². The molecule has 3 N–H and O–H groups in total. The number of hydrogen-bond donors (Lipinski definition) is 3. The first kappa shape index (κ1) is 11.9. The minimum absolute atomic E-state index is 0.227. The monoisotopic (exact) mass is 255 g/mol. The molecule has 1 unspecified atom stereocenters. The van der Waals surface area contributed by atoms with Gasteiger partial charge in [0.2, 0.25) is 0 Å². The van der Waals surface area contributed by atoms with Gasteiger partial charge in [-0.15, -0.1) is 0 Å². The van der Waals surface area contributed by atoms with Crippen LogP contribution in [0.25, 0.3) is 0 Å². The third-order valence-corrected chi connectivity index (χ3v) is 3.79. The molecule has 0 aromatic heterocycles. The van der Waals surface area contributed by atoms with Gasteiger partial charge in [0, 0.05) is 5.69 Å². The molecule has 98 valence electrons. The van der Waals surface area contributed by atoms with Gasteiger partial charge in [0.05, 0.1) is 6.04 Å². The summed E-state index contributed by atoms with van der Waals surface area (Å²) in [6.07, 6.45) is 1.88. The maximum Gasteiger partial charge on any atom is 0.119 e. The van der Waals surface area contributed by atoms with Crippen LogP contribution in [0.1, 0.15) is 29.2 Å². The molecule has 0 saturated carbocycles. The van der Waals surface area contributed by atoms with Crippen LogP contribution in [0.5, 0.6) is 11.5 Å². The standard InChI is InChI=1S/C16H17NO2/c1-10-9-11(18)5-7-14(10)17-15-8-6-13-12(15)3-2-4-16(13)19/h2-5,7,9,15,17-19H,6,8H2,1H3. The van der Waals surface area contributed by atoms with Crippen LogP contribution in [-0.4, -0.2) is 10.2 Å². The quantitative estimate of drug-likeness (QED) is 0.720. The van der Waals surface area contributed by atoms with E-state index in [4.69, 9.17) is 0 Å². The molecule has 0 aliphatic heterocycles.